The summed E-state index contributed by atoms with van der Waals surface area (Å²) in [7, 11) is -2.90. The van der Waals surface area contributed by atoms with E-state index in [1.165, 1.54) is 10.5 Å². The number of sulfone groups is 1. The molecule has 25 heavy (non-hydrogen) atoms. The van der Waals surface area contributed by atoms with Crippen LogP contribution >= 0.6 is 12.2 Å². The third-order valence-electron chi connectivity index (χ3n) is 4.84. The molecule has 7 nitrogen and oxygen atoms in total. The summed E-state index contributed by atoms with van der Waals surface area (Å²) >= 11 is 5.56. The zero-order valence-electron chi connectivity index (χ0n) is 14.8. The summed E-state index contributed by atoms with van der Waals surface area (Å²) in [5, 5.41) is 8.42. The van der Waals surface area contributed by atoms with Crippen LogP contribution < -0.4 is 4.90 Å². The molecule has 2 aromatic rings. The van der Waals surface area contributed by atoms with Crippen molar-refractivity contribution < 1.29 is 13.3 Å². The van der Waals surface area contributed by atoms with Crippen molar-refractivity contribution in [1.29, 1.82) is 0 Å². The summed E-state index contributed by atoms with van der Waals surface area (Å²) in [4.78, 5) is 1.17. The Bertz CT molecular complexity index is 932. The SMILES string of the molecule is CC[NH+](Cn1nnn(-c2ccc(C)cc2C)c1=S)[C@@H]1CCS(=O)(=O)C1. The number of hydrogen-bond donors (Lipinski definition) is 1. The summed E-state index contributed by atoms with van der Waals surface area (Å²) in [6.07, 6.45) is 0.698. The van der Waals surface area contributed by atoms with Crippen molar-refractivity contribution in [3.05, 3.63) is 34.1 Å². The molecule has 1 aliphatic heterocycles. The molecule has 2 heterocycles. The summed E-state index contributed by atoms with van der Waals surface area (Å²) in [5.74, 6) is 0.524. The minimum atomic E-state index is -2.90. The number of tetrazole rings is 1. The quantitative estimate of drug-likeness (QED) is 0.761. The van der Waals surface area contributed by atoms with Gasteiger partial charge in [-0.3, -0.25) is 0 Å². The highest BCUT2D eigenvalue weighted by atomic mass is 32.2. The molecule has 1 aromatic carbocycles. The van der Waals surface area contributed by atoms with Gasteiger partial charge in [0.25, 0.3) is 0 Å². The molecule has 0 aliphatic carbocycles. The fourth-order valence-corrected chi connectivity index (χ4v) is 5.47. The van der Waals surface area contributed by atoms with E-state index in [0.29, 0.717) is 17.9 Å². The number of hydrogen-bond acceptors (Lipinski definition) is 5. The molecule has 136 valence electrons. The highest BCUT2D eigenvalue weighted by molar-refractivity contribution is 7.91. The van der Waals surface area contributed by atoms with Gasteiger partial charge in [-0.25, -0.2) is 8.42 Å². The average Bonchev–Trinajstić information content (AvgIpc) is 3.08. The van der Waals surface area contributed by atoms with Crippen molar-refractivity contribution in [3.63, 3.8) is 0 Å². The van der Waals surface area contributed by atoms with Gasteiger partial charge in [0.1, 0.15) is 11.8 Å². The second kappa shape index (κ2) is 6.97. The van der Waals surface area contributed by atoms with Gasteiger partial charge in [0.15, 0.2) is 16.5 Å². The number of benzene rings is 1. The number of quaternary nitrogens is 1. The largest absolute Gasteiger partial charge is 0.313 e. The number of nitrogens with one attached hydrogen (secondary N) is 1. The lowest BCUT2D eigenvalue weighted by atomic mass is 10.1. The fourth-order valence-electron chi connectivity index (χ4n) is 3.41. The van der Waals surface area contributed by atoms with Crippen LogP contribution in [-0.2, 0) is 16.5 Å². The van der Waals surface area contributed by atoms with Crippen LogP contribution in [0.4, 0.5) is 0 Å². The fraction of sp³-hybridized carbons (Fsp3) is 0.562. The van der Waals surface area contributed by atoms with Gasteiger partial charge in [-0.05, 0) is 55.0 Å². The zero-order valence-corrected chi connectivity index (χ0v) is 16.4. The Morgan fingerprint density at radius 2 is 2.08 bits per heavy atom. The number of rotatable bonds is 5. The minimum absolute atomic E-state index is 0.100. The Morgan fingerprint density at radius 3 is 2.68 bits per heavy atom. The molecule has 0 amide bonds. The maximum Gasteiger partial charge on any atom is 0.225 e. The van der Waals surface area contributed by atoms with Gasteiger partial charge < -0.3 is 4.90 Å². The molecule has 0 bridgehead atoms. The van der Waals surface area contributed by atoms with E-state index in [2.05, 4.69) is 23.4 Å². The lowest BCUT2D eigenvalue weighted by molar-refractivity contribution is -0.943. The molecule has 1 aliphatic rings. The lowest BCUT2D eigenvalue weighted by Crippen LogP contribution is -3.15. The number of aromatic nitrogens is 4. The van der Waals surface area contributed by atoms with Crippen LogP contribution in [-0.4, -0.2) is 52.3 Å². The van der Waals surface area contributed by atoms with Crippen LogP contribution in [0.25, 0.3) is 5.69 Å². The Kier molecular flexibility index (Phi) is 5.08. The zero-order chi connectivity index (χ0) is 18.2. The van der Waals surface area contributed by atoms with Crippen molar-refractivity contribution in [2.24, 2.45) is 0 Å². The molecular weight excluding hydrogens is 358 g/mol. The van der Waals surface area contributed by atoms with Gasteiger partial charge in [-0.15, -0.1) is 0 Å². The molecule has 1 aromatic heterocycles. The van der Waals surface area contributed by atoms with E-state index < -0.39 is 9.84 Å². The molecule has 3 rings (SSSR count). The monoisotopic (exact) mass is 382 g/mol. The van der Waals surface area contributed by atoms with Crippen LogP contribution in [0.5, 0.6) is 0 Å². The highest BCUT2D eigenvalue weighted by Crippen LogP contribution is 2.15. The summed E-state index contributed by atoms with van der Waals surface area (Å²) in [6, 6.07) is 6.20. The minimum Gasteiger partial charge on any atom is -0.313 e. The first-order valence-electron chi connectivity index (χ1n) is 8.46. The smallest absolute Gasteiger partial charge is 0.225 e. The molecule has 0 spiro atoms. The van der Waals surface area contributed by atoms with E-state index in [1.807, 2.05) is 26.0 Å². The highest BCUT2D eigenvalue weighted by Gasteiger charge is 2.35. The summed E-state index contributed by atoms with van der Waals surface area (Å²) < 4.78 is 27.4. The predicted molar refractivity (Wildman–Crippen MR) is 98.2 cm³/mol. The van der Waals surface area contributed by atoms with Gasteiger partial charge in [0, 0.05) is 6.42 Å². The molecular formula is C16H24N5O2S2+. The Labute approximate surface area is 153 Å². The summed E-state index contributed by atoms with van der Waals surface area (Å²) in [6.45, 7) is 7.47. The van der Waals surface area contributed by atoms with Gasteiger partial charge >= 0.3 is 0 Å². The van der Waals surface area contributed by atoms with E-state index in [1.54, 1.807) is 9.36 Å². The predicted octanol–water partition coefficient (Wildman–Crippen LogP) is 0.465. The molecule has 1 N–H and O–H groups in total. The first-order valence-corrected chi connectivity index (χ1v) is 10.7. The van der Waals surface area contributed by atoms with Crippen LogP contribution in [0.1, 0.15) is 24.5 Å². The van der Waals surface area contributed by atoms with E-state index >= 15 is 0 Å². The van der Waals surface area contributed by atoms with E-state index in [-0.39, 0.29) is 17.5 Å². The first-order chi connectivity index (χ1) is 11.8. The molecule has 2 atom stereocenters. The van der Waals surface area contributed by atoms with Gasteiger partial charge in [0.05, 0.1) is 18.0 Å². The van der Waals surface area contributed by atoms with Crippen LogP contribution in [0.15, 0.2) is 18.2 Å². The molecule has 1 unspecified atom stereocenters. The molecule has 9 heteroatoms. The second-order valence-electron chi connectivity index (χ2n) is 6.73. The summed E-state index contributed by atoms with van der Waals surface area (Å²) in [5.41, 5.74) is 3.19. The van der Waals surface area contributed by atoms with Crippen LogP contribution in [0.3, 0.4) is 0 Å². The number of aryl methyl sites for hydroxylation is 2. The Balaban J connectivity index is 1.84. The molecule has 0 saturated carbocycles. The van der Waals surface area contributed by atoms with Crippen molar-refractivity contribution in [2.75, 3.05) is 18.1 Å². The van der Waals surface area contributed by atoms with Crippen molar-refractivity contribution >= 4 is 22.1 Å². The normalized spacial score (nSPS) is 20.7. The third-order valence-corrected chi connectivity index (χ3v) is 6.99. The average molecular weight is 383 g/mol. The van der Waals surface area contributed by atoms with Crippen LogP contribution in [0, 0.1) is 18.6 Å². The first kappa shape index (κ1) is 18.2. The van der Waals surface area contributed by atoms with Crippen LogP contribution in [0.2, 0.25) is 0 Å². The van der Waals surface area contributed by atoms with Gasteiger partial charge in [-0.1, -0.05) is 17.7 Å². The number of nitrogens with zero attached hydrogens (tertiary/aromatic N) is 4. The van der Waals surface area contributed by atoms with Gasteiger partial charge in [-0.2, -0.15) is 9.36 Å². The van der Waals surface area contributed by atoms with Gasteiger partial charge in [0.2, 0.25) is 4.77 Å². The standard InChI is InChI=1S/C16H23N5O2S2/c1-4-19(14-7-8-25(22,23)10-14)11-20-16(24)21(18-17-20)15-6-5-12(2)9-13(15)3/h5-6,9,14H,4,7-8,10-11H2,1-3H3/p+1/t14-/m1/s1. The maximum atomic E-state index is 11.8. The molecule has 1 fully saturated rings. The maximum absolute atomic E-state index is 11.8. The second-order valence-corrected chi connectivity index (χ2v) is 9.33. The van der Waals surface area contributed by atoms with Crippen molar-refractivity contribution in [1.82, 2.24) is 19.8 Å². The Morgan fingerprint density at radius 1 is 1.32 bits per heavy atom. The third kappa shape index (κ3) is 3.83. The lowest BCUT2D eigenvalue weighted by Gasteiger charge is -2.22. The Hall–Kier alpha value is -1.58. The molecule has 1 saturated heterocycles. The van der Waals surface area contributed by atoms with Crippen molar-refractivity contribution in [3.8, 4) is 5.69 Å². The topological polar surface area (TPSA) is 74.2 Å². The molecule has 0 radical (unpaired) electrons. The van der Waals surface area contributed by atoms with Crippen molar-refractivity contribution in [2.45, 2.75) is 39.9 Å². The van der Waals surface area contributed by atoms with E-state index in [9.17, 15) is 8.42 Å². The van der Waals surface area contributed by atoms with E-state index in [4.69, 9.17) is 12.2 Å². The van der Waals surface area contributed by atoms with E-state index in [0.717, 1.165) is 17.8 Å².